The zero-order valence-corrected chi connectivity index (χ0v) is 26.0. The summed E-state index contributed by atoms with van der Waals surface area (Å²) in [6.45, 7) is 5.08. The molecule has 5 atom stereocenters. The Bertz CT molecular complexity index is 1440. The molecule has 1 aliphatic rings. The van der Waals surface area contributed by atoms with Gasteiger partial charge in [-0.1, -0.05) is 39.0 Å². The number of pyridine rings is 1. The van der Waals surface area contributed by atoms with Gasteiger partial charge in [0.1, 0.15) is 18.8 Å². The number of aromatic nitrogens is 1. The third-order valence-corrected chi connectivity index (χ3v) is 7.14. The number of fused-ring (bicyclic) bond motifs is 1. The van der Waals surface area contributed by atoms with E-state index in [9.17, 15) is 34.4 Å². The van der Waals surface area contributed by atoms with Gasteiger partial charge < -0.3 is 38.1 Å². The second-order valence-electron chi connectivity index (χ2n) is 10.7. The van der Waals surface area contributed by atoms with Crippen molar-refractivity contribution >= 4 is 34.5 Å². The summed E-state index contributed by atoms with van der Waals surface area (Å²) in [6, 6.07) is 3.89. The molecule has 248 valence electrons. The molecule has 2 aromatic rings. The van der Waals surface area contributed by atoms with Gasteiger partial charge in [-0.3, -0.25) is 29.3 Å². The summed E-state index contributed by atoms with van der Waals surface area (Å²) in [7, 11) is 1.45. The first-order valence-corrected chi connectivity index (χ1v) is 14.8. The Morgan fingerprint density at radius 2 is 1.56 bits per heavy atom. The molecular formula is C30H40N2O13. The van der Waals surface area contributed by atoms with E-state index in [0.29, 0.717) is 11.8 Å². The summed E-state index contributed by atoms with van der Waals surface area (Å²) in [5.41, 5.74) is -0.675. The number of non-ortho nitro benzene ring substituents is 1. The van der Waals surface area contributed by atoms with Crippen molar-refractivity contribution in [2.45, 2.75) is 96.9 Å². The minimum Gasteiger partial charge on any atom is -0.486 e. The smallest absolute Gasteiger partial charge is 0.305 e. The van der Waals surface area contributed by atoms with Gasteiger partial charge in [0.25, 0.3) is 11.2 Å². The summed E-state index contributed by atoms with van der Waals surface area (Å²) < 4.78 is 34.5. The highest BCUT2D eigenvalue weighted by Gasteiger charge is 2.51. The lowest BCUT2D eigenvalue weighted by atomic mass is 9.98. The van der Waals surface area contributed by atoms with E-state index in [4.69, 9.17) is 28.4 Å². The van der Waals surface area contributed by atoms with Crippen molar-refractivity contribution in [1.82, 2.24) is 4.57 Å². The highest BCUT2D eigenvalue weighted by molar-refractivity contribution is 5.89. The van der Waals surface area contributed by atoms with Crippen LogP contribution in [0, 0.1) is 10.1 Å². The van der Waals surface area contributed by atoms with Crippen molar-refractivity contribution in [2.75, 3.05) is 13.2 Å². The van der Waals surface area contributed by atoms with Gasteiger partial charge in [-0.25, -0.2) is 0 Å². The number of aliphatic hydroxyl groups is 1. The number of nitro groups is 1. The number of nitrogens with zero attached hydrogens (tertiary/aromatic N) is 2. The van der Waals surface area contributed by atoms with Crippen LogP contribution in [0.15, 0.2) is 23.0 Å². The largest absolute Gasteiger partial charge is 0.486 e. The van der Waals surface area contributed by atoms with Crippen molar-refractivity contribution in [2.24, 2.45) is 7.05 Å². The predicted octanol–water partition coefficient (Wildman–Crippen LogP) is 3.08. The summed E-state index contributed by atoms with van der Waals surface area (Å²) in [5, 5.41) is 22.9. The minimum absolute atomic E-state index is 0.0556. The molecule has 1 aromatic carbocycles. The van der Waals surface area contributed by atoms with E-state index in [1.165, 1.54) is 29.8 Å². The maximum Gasteiger partial charge on any atom is 0.305 e. The molecule has 0 bridgehead atoms. The zero-order chi connectivity index (χ0) is 33.3. The Hall–Kier alpha value is -4.24. The lowest BCUT2D eigenvalue weighted by molar-refractivity contribution is -0.384. The quantitative estimate of drug-likeness (QED) is 0.0987. The number of hydrogen-bond donors (Lipinski definition) is 1. The Labute approximate surface area is 259 Å². The molecule has 15 nitrogen and oxygen atoms in total. The molecule has 3 rings (SSSR count). The van der Waals surface area contributed by atoms with Crippen LogP contribution in [0.3, 0.4) is 0 Å². The van der Waals surface area contributed by atoms with Crippen molar-refractivity contribution in [3.8, 4) is 11.5 Å². The fourth-order valence-corrected chi connectivity index (χ4v) is 5.01. The van der Waals surface area contributed by atoms with E-state index in [2.05, 4.69) is 6.92 Å². The number of rotatable bonds is 15. The minimum atomic E-state index is -1.64. The number of carbonyl (C=O) groups is 3. The monoisotopic (exact) mass is 636 g/mol. The summed E-state index contributed by atoms with van der Waals surface area (Å²) >= 11 is 0. The highest BCUT2D eigenvalue weighted by Crippen LogP contribution is 2.36. The first-order chi connectivity index (χ1) is 21.3. The van der Waals surface area contributed by atoms with E-state index in [-0.39, 0.29) is 29.3 Å². The molecule has 0 aliphatic carbocycles. The third-order valence-electron chi connectivity index (χ3n) is 7.14. The van der Waals surface area contributed by atoms with Gasteiger partial charge in [0.15, 0.2) is 11.9 Å². The van der Waals surface area contributed by atoms with Gasteiger partial charge in [-0.15, -0.1) is 0 Å². The van der Waals surface area contributed by atoms with Gasteiger partial charge >= 0.3 is 17.9 Å². The molecule has 1 N–H and O–H groups in total. The van der Waals surface area contributed by atoms with Crippen LogP contribution in [0.5, 0.6) is 11.5 Å². The van der Waals surface area contributed by atoms with Crippen molar-refractivity contribution in [3.63, 3.8) is 0 Å². The highest BCUT2D eigenvalue weighted by atomic mass is 16.7. The summed E-state index contributed by atoms with van der Waals surface area (Å²) in [5.74, 6) is -2.64. The van der Waals surface area contributed by atoms with E-state index in [1.807, 2.05) is 0 Å². The third kappa shape index (κ3) is 9.14. The van der Waals surface area contributed by atoms with Crippen molar-refractivity contribution in [3.05, 3.63) is 38.7 Å². The van der Waals surface area contributed by atoms with Crippen LogP contribution in [0.25, 0.3) is 10.9 Å². The number of aryl methyl sites for hydroxylation is 1. The Morgan fingerprint density at radius 1 is 0.933 bits per heavy atom. The van der Waals surface area contributed by atoms with Crippen LogP contribution in [-0.4, -0.2) is 76.4 Å². The number of carbonyl (C=O) groups excluding carboxylic acids is 3. The molecule has 0 unspecified atom stereocenters. The maximum absolute atomic E-state index is 13.4. The number of hydrogen-bond acceptors (Lipinski definition) is 13. The van der Waals surface area contributed by atoms with Gasteiger partial charge in [-0.05, 0) is 12.5 Å². The molecule has 1 aromatic heterocycles. The predicted molar refractivity (Wildman–Crippen MR) is 158 cm³/mol. The number of ether oxygens (including phenoxy) is 6. The van der Waals surface area contributed by atoms with E-state index >= 15 is 0 Å². The van der Waals surface area contributed by atoms with E-state index in [0.717, 1.165) is 52.9 Å². The molecular weight excluding hydrogens is 596 g/mol. The first kappa shape index (κ1) is 35.2. The zero-order valence-electron chi connectivity index (χ0n) is 26.0. The van der Waals surface area contributed by atoms with Crippen molar-refractivity contribution in [1.29, 1.82) is 0 Å². The molecule has 2 heterocycles. The van der Waals surface area contributed by atoms with Gasteiger partial charge in [0.2, 0.25) is 18.1 Å². The Balaban J connectivity index is 1.97. The number of nitro benzene ring substituents is 1. The second kappa shape index (κ2) is 16.2. The molecule has 0 amide bonds. The first-order valence-electron chi connectivity index (χ1n) is 14.8. The van der Waals surface area contributed by atoms with Gasteiger partial charge in [-0.2, -0.15) is 0 Å². The number of esters is 3. The Morgan fingerprint density at radius 3 is 2.18 bits per heavy atom. The van der Waals surface area contributed by atoms with Crippen LogP contribution in [0.2, 0.25) is 0 Å². The number of benzene rings is 1. The van der Waals surface area contributed by atoms with E-state index in [1.54, 1.807) is 0 Å². The summed E-state index contributed by atoms with van der Waals surface area (Å²) in [4.78, 5) is 59.8. The van der Waals surface area contributed by atoms with Crippen LogP contribution < -0.4 is 15.0 Å². The molecule has 15 heteroatoms. The SMILES string of the molecule is CCCCCCCCOc1c(OC[C@@H]2O[C@@H](OC(C)=O)[C@@H](OC(C)=O)[C@H](OC(C)=O)[C@H]2O)c2ccc([N+](=O)[O-])cc2n(C)c1=O. The molecule has 45 heavy (non-hydrogen) atoms. The molecule has 0 spiro atoms. The van der Waals surface area contributed by atoms with E-state index < -0.39 is 65.7 Å². The van der Waals surface area contributed by atoms with Crippen LogP contribution >= 0.6 is 0 Å². The van der Waals surface area contributed by atoms with Crippen LogP contribution in [0.1, 0.15) is 66.2 Å². The maximum atomic E-state index is 13.4. The van der Waals surface area contributed by atoms with Gasteiger partial charge in [0.05, 0.1) is 17.0 Å². The summed E-state index contributed by atoms with van der Waals surface area (Å²) in [6.07, 6.45) is -1.68. The standard InChI is InChI=1S/C30H40N2O13/c1-6-7-8-9-10-11-14-40-27-25(21-13-12-20(32(38)39)15-22(21)31(5)29(27)37)41-16-23-24(36)26(42-17(2)33)28(43-18(3)34)30(45-23)44-19(4)35/h12-13,15,23-24,26,28,30,36H,6-11,14,16H2,1-5H3/t23-,24-,26+,28-,30+/m0/s1. The molecule has 1 fully saturated rings. The molecule has 1 aliphatic heterocycles. The Kier molecular flexibility index (Phi) is 12.7. The van der Waals surface area contributed by atoms with Crippen LogP contribution in [0.4, 0.5) is 5.69 Å². The molecule has 0 radical (unpaired) electrons. The average molecular weight is 637 g/mol. The normalized spacial score (nSPS) is 21.2. The topological polar surface area (TPSA) is 192 Å². The second-order valence-corrected chi connectivity index (χ2v) is 10.7. The molecule has 0 saturated carbocycles. The average Bonchev–Trinajstić information content (AvgIpc) is 2.97. The lowest BCUT2D eigenvalue weighted by Crippen LogP contribution is -2.62. The number of unbranched alkanes of at least 4 members (excludes halogenated alkanes) is 5. The fraction of sp³-hybridized carbons (Fsp3) is 0.600. The fourth-order valence-electron chi connectivity index (χ4n) is 5.01. The van der Waals surface area contributed by atoms with Gasteiger partial charge in [0, 0.05) is 45.3 Å². The van der Waals surface area contributed by atoms with Crippen molar-refractivity contribution < 1.29 is 52.8 Å². The number of aliphatic hydroxyl groups excluding tert-OH is 1. The van der Waals surface area contributed by atoms with Crippen LogP contribution in [-0.2, 0) is 40.4 Å². The molecule has 1 saturated heterocycles. The lowest BCUT2D eigenvalue weighted by Gasteiger charge is -2.42.